The highest BCUT2D eigenvalue weighted by Gasteiger charge is 2.16. The molecular formula is C19H26N4OS. The molecule has 1 aromatic carbocycles. The van der Waals surface area contributed by atoms with Crippen LogP contribution in [-0.2, 0) is 17.8 Å². The molecule has 1 aliphatic heterocycles. The Morgan fingerprint density at radius 1 is 1.24 bits per heavy atom. The van der Waals surface area contributed by atoms with E-state index in [1.807, 2.05) is 24.2 Å². The summed E-state index contributed by atoms with van der Waals surface area (Å²) >= 11 is 1.87. The molecule has 2 heterocycles. The molecule has 1 aromatic heterocycles. The number of aryl methyl sites for hydroxylation is 1. The summed E-state index contributed by atoms with van der Waals surface area (Å²) in [5.41, 5.74) is 3.61. The van der Waals surface area contributed by atoms with E-state index in [2.05, 4.69) is 45.3 Å². The van der Waals surface area contributed by atoms with E-state index >= 15 is 0 Å². The first-order valence-electron chi connectivity index (χ1n) is 8.85. The Morgan fingerprint density at radius 3 is 2.84 bits per heavy atom. The number of carbonyl (C=O) groups is 1. The lowest BCUT2D eigenvalue weighted by Crippen LogP contribution is -2.47. The number of nitrogens with one attached hydrogen (secondary N) is 1. The summed E-state index contributed by atoms with van der Waals surface area (Å²) in [7, 11) is 0. The number of carbonyl (C=O) groups excluding carboxylic acids is 1. The monoisotopic (exact) mass is 358 g/mol. The van der Waals surface area contributed by atoms with Gasteiger partial charge in [0.15, 0.2) is 0 Å². The molecule has 3 rings (SSSR count). The highest BCUT2D eigenvalue weighted by Crippen LogP contribution is 2.23. The van der Waals surface area contributed by atoms with Gasteiger partial charge < -0.3 is 9.88 Å². The van der Waals surface area contributed by atoms with Gasteiger partial charge in [0.1, 0.15) is 0 Å². The minimum atomic E-state index is 0.140. The van der Waals surface area contributed by atoms with Crippen LogP contribution >= 0.6 is 11.8 Å². The zero-order valence-electron chi connectivity index (χ0n) is 14.8. The van der Waals surface area contributed by atoms with E-state index in [1.54, 1.807) is 0 Å². The van der Waals surface area contributed by atoms with Crippen LogP contribution in [0.5, 0.6) is 0 Å². The largest absolute Gasteiger partial charge is 0.354 e. The van der Waals surface area contributed by atoms with Gasteiger partial charge in [0.05, 0.1) is 18.6 Å². The van der Waals surface area contributed by atoms with Crippen molar-refractivity contribution in [2.45, 2.75) is 19.4 Å². The number of benzene rings is 1. The van der Waals surface area contributed by atoms with E-state index in [9.17, 15) is 4.79 Å². The molecule has 1 saturated heterocycles. The fourth-order valence-electron chi connectivity index (χ4n) is 3.25. The molecule has 1 N–H and O–H groups in total. The van der Waals surface area contributed by atoms with Crippen LogP contribution in [0, 0.1) is 0 Å². The van der Waals surface area contributed by atoms with Crippen molar-refractivity contribution in [2.24, 2.45) is 0 Å². The molecule has 2 aromatic rings. The molecule has 1 fully saturated rings. The average molecular weight is 359 g/mol. The first-order valence-corrected chi connectivity index (χ1v) is 10.2. The van der Waals surface area contributed by atoms with Crippen molar-refractivity contribution in [2.75, 3.05) is 38.2 Å². The number of amides is 1. The molecule has 0 unspecified atom stereocenters. The molecule has 1 amide bonds. The number of piperazine rings is 1. The fraction of sp³-hybridized carbons (Fsp3) is 0.474. The third-order valence-corrected chi connectivity index (χ3v) is 5.14. The van der Waals surface area contributed by atoms with Gasteiger partial charge in [-0.05, 0) is 24.9 Å². The lowest BCUT2D eigenvalue weighted by atomic mass is 10.1. The van der Waals surface area contributed by atoms with Gasteiger partial charge in [0.25, 0.3) is 0 Å². The van der Waals surface area contributed by atoms with Crippen molar-refractivity contribution < 1.29 is 4.79 Å². The Morgan fingerprint density at radius 2 is 2.08 bits per heavy atom. The molecule has 0 radical (unpaired) electrons. The van der Waals surface area contributed by atoms with E-state index in [-0.39, 0.29) is 5.91 Å². The highest BCUT2D eigenvalue weighted by atomic mass is 32.2. The summed E-state index contributed by atoms with van der Waals surface area (Å²) in [6, 6.07) is 10.4. The number of aromatic nitrogens is 2. The second-order valence-electron chi connectivity index (χ2n) is 6.32. The number of rotatable bonds is 8. The van der Waals surface area contributed by atoms with Gasteiger partial charge >= 0.3 is 0 Å². The molecule has 0 bridgehead atoms. The number of nitrogens with zero attached hydrogens (tertiary/aromatic N) is 3. The summed E-state index contributed by atoms with van der Waals surface area (Å²) in [5, 5.41) is 2.88. The van der Waals surface area contributed by atoms with Crippen LogP contribution in [0.3, 0.4) is 0 Å². The summed E-state index contributed by atoms with van der Waals surface area (Å²) in [6.07, 6.45) is 6.17. The van der Waals surface area contributed by atoms with Crippen molar-refractivity contribution in [1.29, 1.82) is 0 Å². The maximum Gasteiger partial charge on any atom is 0.234 e. The molecule has 0 aliphatic carbocycles. The van der Waals surface area contributed by atoms with E-state index in [1.165, 1.54) is 11.3 Å². The first kappa shape index (κ1) is 18.0. The van der Waals surface area contributed by atoms with Crippen molar-refractivity contribution >= 4 is 17.7 Å². The average Bonchev–Trinajstić information content (AvgIpc) is 3.03. The maximum atomic E-state index is 11.5. The molecular weight excluding hydrogens is 332 g/mol. The van der Waals surface area contributed by atoms with Crippen LogP contribution in [0.1, 0.15) is 12.1 Å². The predicted octanol–water partition coefficient (Wildman–Crippen LogP) is 2.28. The van der Waals surface area contributed by atoms with Gasteiger partial charge in [-0.3, -0.25) is 9.69 Å². The zero-order chi connectivity index (χ0) is 17.5. The maximum absolute atomic E-state index is 11.5. The Hall–Kier alpha value is -1.79. The quantitative estimate of drug-likeness (QED) is 0.787. The standard InChI is InChI=1S/C19H26N4OS/c1-25-13-8-17-19(16-6-3-2-4-7-16)21-15-23(17)11-5-10-22-12-9-20-18(24)14-22/h2-4,6-7,15H,5,8-14H2,1H3,(H,20,24). The normalized spacial score (nSPS) is 15.3. The Balaban J connectivity index is 1.66. The summed E-state index contributed by atoms with van der Waals surface area (Å²) < 4.78 is 2.29. The number of imidazole rings is 1. The number of hydrogen-bond acceptors (Lipinski definition) is 4. The van der Waals surface area contributed by atoms with Crippen LogP contribution < -0.4 is 5.32 Å². The Bertz CT molecular complexity index is 686. The van der Waals surface area contributed by atoms with E-state index in [4.69, 9.17) is 4.98 Å². The topological polar surface area (TPSA) is 50.2 Å². The predicted molar refractivity (Wildman–Crippen MR) is 104 cm³/mol. The lowest BCUT2D eigenvalue weighted by Gasteiger charge is -2.26. The van der Waals surface area contributed by atoms with Crippen LogP contribution in [0.4, 0.5) is 0 Å². The van der Waals surface area contributed by atoms with Gasteiger partial charge in [-0.15, -0.1) is 0 Å². The zero-order valence-corrected chi connectivity index (χ0v) is 15.6. The van der Waals surface area contributed by atoms with Gasteiger partial charge in [-0.25, -0.2) is 4.98 Å². The first-order chi connectivity index (χ1) is 12.3. The number of thioether (sulfide) groups is 1. The number of hydrogen-bond donors (Lipinski definition) is 1. The van der Waals surface area contributed by atoms with Gasteiger partial charge in [-0.1, -0.05) is 30.3 Å². The van der Waals surface area contributed by atoms with E-state index in [0.29, 0.717) is 6.54 Å². The van der Waals surface area contributed by atoms with Gasteiger partial charge in [-0.2, -0.15) is 11.8 Å². The summed E-state index contributed by atoms with van der Waals surface area (Å²) in [5.74, 6) is 1.23. The molecule has 0 atom stereocenters. The second kappa shape index (κ2) is 9.06. The lowest BCUT2D eigenvalue weighted by molar-refractivity contribution is -0.124. The smallest absolute Gasteiger partial charge is 0.234 e. The third-order valence-electron chi connectivity index (χ3n) is 4.53. The van der Waals surface area contributed by atoms with Crippen LogP contribution in [0.2, 0.25) is 0 Å². The SMILES string of the molecule is CSCCc1c(-c2ccccc2)ncn1CCCN1CCNC(=O)C1. The van der Waals surface area contributed by atoms with Crippen molar-refractivity contribution in [1.82, 2.24) is 19.8 Å². The van der Waals surface area contributed by atoms with Crippen molar-refractivity contribution in [3.05, 3.63) is 42.4 Å². The van der Waals surface area contributed by atoms with Crippen molar-refractivity contribution in [3.63, 3.8) is 0 Å². The summed E-state index contributed by atoms with van der Waals surface area (Å²) in [4.78, 5) is 18.4. The van der Waals surface area contributed by atoms with Gasteiger partial charge in [0.2, 0.25) is 5.91 Å². The van der Waals surface area contributed by atoms with Crippen molar-refractivity contribution in [3.8, 4) is 11.3 Å². The molecule has 0 spiro atoms. The molecule has 25 heavy (non-hydrogen) atoms. The van der Waals surface area contributed by atoms with Gasteiger partial charge in [0, 0.05) is 37.4 Å². The summed E-state index contributed by atoms with van der Waals surface area (Å²) in [6.45, 7) is 4.14. The fourth-order valence-corrected chi connectivity index (χ4v) is 3.64. The molecule has 134 valence electrons. The Kier molecular flexibility index (Phi) is 6.53. The minimum Gasteiger partial charge on any atom is -0.354 e. The highest BCUT2D eigenvalue weighted by molar-refractivity contribution is 7.98. The van der Waals surface area contributed by atoms with E-state index < -0.39 is 0 Å². The molecule has 1 aliphatic rings. The molecule has 0 saturated carbocycles. The van der Waals surface area contributed by atoms with Crippen LogP contribution in [0.25, 0.3) is 11.3 Å². The molecule has 5 nitrogen and oxygen atoms in total. The third kappa shape index (κ3) is 4.86. The van der Waals surface area contributed by atoms with Crippen LogP contribution in [0.15, 0.2) is 36.7 Å². The van der Waals surface area contributed by atoms with E-state index in [0.717, 1.165) is 50.5 Å². The second-order valence-corrected chi connectivity index (χ2v) is 7.31. The minimum absolute atomic E-state index is 0.140. The van der Waals surface area contributed by atoms with Crippen LogP contribution in [-0.4, -0.2) is 58.5 Å². The Labute approximate surface area is 153 Å². The molecule has 6 heteroatoms.